The Kier molecular flexibility index (Phi) is 4.95. The predicted molar refractivity (Wildman–Crippen MR) is 77.1 cm³/mol. The number of nitrogens with one attached hydrogen (secondary N) is 2. The van der Waals surface area contributed by atoms with E-state index in [1.807, 2.05) is 0 Å². The van der Waals surface area contributed by atoms with E-state index in [1.54, 1.807) is 0 Å². The molecule has 1 fully saturated rings. The minimum absolute atomic E-state index is 0.0901. The number of likely N-dealkylation sites (tertiary alicyclic amines) is 1. The van der Waals surface area contributed by atoms with E-state index in [-0.39, 0.29) is 10.9 Å². The molecule has 0 saturated carbocycles. The molecule has 0 bridgehead atoms. The maximum absolute atomic E-state index is 12.2. The number of aromatic amines is 1. The first-order chi connectivity index (χ1) is 9.53. The first-order valence-electron chi connectivity index (χ1n) is 6.94. The zero-order valence-corrected chi connectivity index (χ0v) is 12.4. The number of H-pyrrole nitrogens is 1. The lowest BCUT2D eigenvalue weighted by atomic mass is 10.1. The van der Waals surface area contributed by atoms with Crippen molar-refractivity contribution in [1.29, 1.82) is 0 Å². The molecule has 1 aromatic heterocycles. The topological polar surface area (TPSA) is 82.3 Å². The van der Waals surface area contributed by atoms with Gasteiger partial charge in [0.15, 0.2) is 0 Å². The zero-order valence-electron chi connectivity index (χ0n) is 11.6. The summed E-state index contributed by atoms with van der Waals surface area (Å²) in [6, 6.07) is 1.13. The van der Waals surface area contributed by atoms with Crippen LogP contribution >= 0.6 is 0 Å². The Hall–Kier alpha value is -1.18. The van der Waals surface area contributed by atoms with Crippen LogP contribution in [0.4, 0.5) is 0 Å². The molecule has 6 nitrogen and oxygen atoms in total. The van der Waals surface area contributed by atoms with Gasteiger partial charge in [-0.1, -0.05) is 6.92 Å². The molecule has 1 aliphatic rings. The van der Waals surface area contributed by atoms with Crippen LogP contribution in [0.2, 0.25) is 0 Å². The average molecular weight is 299 g/mol. The van der Waals surface area contributed by atoms with Crippen LogP contribution in [0.3, 0.4) is 0 Å². The SMILES string of the molecule is CCCN1CCC(NS(=O)(=O)c2c[nH]ccc2=O)CC1. The molecule has 0 aromatic carbocycles. The minimum atomic E-state index is -3.73. The Balaban J connectivity index is 2.00. The maximum Gasteiger partial charge on any atom is 0.246 e. The number of sulfonamides is 1. The van der Waals surface area contributed by atoms with Crippen molar-refractivity contribution in [3.63, 3.8) is 0 Å². The molecule has 112 valence electrons. The molecule has 2 heterocycles. The Bertz CT molecular complexity index is 589. The second kappa shape index (κ2) is 6.51. The summed E-state index contributed by atoms with van der Waals surface area (Å²) in [5.74, 6) is 0. The monoisotopic (exact) mass is 299 g/mol. The molecule has 0 atom stereocenters. The van der Waals surface area contributed by atoms with Gasteiger partial charge in [0.05, 0.1) is 0 Å². The number of pyridine rings is 1. The Morgan fingerprint density at radius 1 is 1.40 bits per heavy atom. The van der Waals surface area contributed by atoms with Crippen molar-refractivity contribution >= 4 is 10.0 Å². The molecule has 7 heteroatoms. The smallest absolute Gasteiger partial charge is 0.246 e. The number of hydrogen-bond donors (Lipinski definition) is 2. The lowest BCUT2D eigenvalue weighted by molar-refractivity contribution is 0.208. The third-order valence-electron chi connectivity index (χ3n) is 3.53. The molecule has 0 aliphatic carbocycles. The van der Waals surface area contributed by atoms with Gasteiger partial charge in [-0.3, -0.25) is 4.79 Å². The highest BCUT2D eigenvalue weighted by atomic mass is 32.2. The fourth-order valence-corrected chi connectivity index (χ4v) is 3.84. The van der Waals surface area contributed by atoms with Crippen LogP contribution in [0.15, 0.2) is 28.2 Å². The fourth-order valence-electron chi connectivity index (χ4n) is 2.48. The molecular formula is C13H21N3O3S. The number of nitrogens with zero attached hydrogens (tertiary/aromatic N) is 1. The minimum Gasteiger partial charge on any atom is -0.366 e. The molecule has 1 aromatic rings. The average Bonchev–Trinajstić information content (AvgIpc) is 2.41. The normalized spacial score (nSPS) is 18.2. The largest absolute Gasteiger partial charge is 0.366 e. The lowest BCUT2D eigenvalue weighted by Gasteiger charge is -2.31. The molecular weight excluding hydrogens is 278 g/mol. The summed E-state index contributed by atoms with van der Waals surface area (Å²) in [6.45, 7) is 4.98. The lowest BCUT2D eigenvalue weighted by Crippen LogP contribution is -2.45. The zero-order chi connectivity index (χ0) is 14.6. The first-order valence-corrected chi connectivity index (χ1v) is 8.43. The maximum atomic E-state index is 12.2. The van der Waals surface area contributed by atoms with Crippen LogP contribution in [-0.2, 0) is 10.0 Å². The molecule has 2 N–H and O–H groups in total. The molecule has 0 spiro atoms. The van der Waals surface area contributed by atoms with Gasteiger partial charge in [0.2, 0.25) is 15.5 Å². The Morgan fingerprint density at radius 3 is 2.70 bits per heavy atom. The third kappa shape index (κ3) is 3.68. The van der Waals surface area contributed by atoms with E-state index in [2.05, 4.69) is 21.5 Å². The summed E-state index contributed by atoms with van der Waals surface area (Å²) in [6.07, 6.45) is 5.32. The summed E-state index contributed by atoms with van der Waals surface area (Å²) in [4.78, 5) is 16.4. The van der Waals surface area contributed by atoms with E-state index < -0.39 is 15.5 Å². The van der Waals surface area contributed by atoms with Crippen molar-refractivity contribution < 1.29 is 8.42 Å². The Morgan fingerprint density at radius 2 is 2.10 bits per heavy atom. The van der Waals surface area contributed by atoms with Crippen molar-refractivity contribution in [2.75, 3.05) is 19.6 Å². The number of piperidine rings is 1. The molecule has 0 amide bonds. The van der Waals surface area contributed by atoms with Crippen molar-refractivity contribution in [1.82, 2.24) is 14.6 Å². The second-order valence-corrected chi connectivity index (χ2v) is 6.79. The number of hydrogen-bond acceptors (Lipinski definition) is 4. The van der Waals surface area contributed by atoms with Crippen molar-refractivity contribution in [3.8, 4) is 0 Å². The third-order valence-corrected chi connectivity index (χ3v) is 5.07. The quantitative estimate of drug-likeness (QED) is 0.831. The van der Waals surface area contributed by atoms with Gasteiger partial charge in [0, 0.05) is 24.5 Å². The van der Waals surface area contributed by atoms with Gasteiger partial charge in [0.1, 0.15) is 4.90 Å². The molecule has 1 saturated heterocycles. The Labute approximate surface area is 119 Å². The van der Waals surface area contributed by atoms with Gasteiger partial charge in [-0.05, 0) is 38.9 Å². The number of rotatable bonds is 5. The highest BCUT2D eigenvalue weighted by Crippen LogP contribution is 2.13. The summed E-state index contributed by atoms with van der Waals surface area (Å²) in [5.41, 5.74) is -0.486. The van der Waals surface area contributed by atoms with E-state index in [9.17, 15) is 13.2 Å². The highest BCUT2D eigenvalue weighted by Gasteiger charge is 2.25. The van der Waals surface area contributed by atoms with E-state index in [0.717, 1.165) is 38.9 Å². The van der Waals surface area contributed by atoms with Crippen LogP contribution in [0, 0.1) is 0 Å². The van der Waals surface area contributed by atoms with Crippen molar-refractivity contribution in [2.45, 2.75) is 37.1 Å². The van der Waals surface area contributed by atoms with Crippen molar-refractivity contribution in [3.05, 3.63) is 28.7 Å². The molecule has 0 unspecified atom stereocenters. The predicted octanol–water partition coefficient (Wildman–Crippen LogP) is 0.528. The summed E-state index contributed by atoms with van der Waals surface area (Å²) in [7, 11) is -3.73. The second-order valence-electron chi connectivity index (χ2n) is 5.11. The molecule has 20 heavy (non-hydrogen) atoms. The van der Waals surface area contributed by atoms with Gasteiger partial charge in [-0.15, -0.1) is 0 Å². The van der Waals surface area contributed by atoms with E-state index in [1.165, 1.54) is 18.5 Å². The van der Waals surface area contributed by atoms with Gasteiger partial charge in [-0.2, -0.15) is 0 Å². The van der Waals surface area contributed by atoms with Crippen molar-refractivity contribution in [2.24, 2.45) is 0 Å². The van der Waals surface area contributed by atoms with Gasteiger partial charge in [0.25, 0.3) is 0 Å². The fraction of sp³-hybridized carbons (Fsp3) is 0.615. The molecule has 0 radical (unpaired) electrons. The van der Waals surface area contributed by atoms with Crippen LogP contribution in [0.1, 0.15) is 26.2 Å². The van der Waals surface area contributed by atoms with E-state index >= 15 is 0 Å². The van der Waals surface area contributed by atoms with Gasteiger partial charge in [-0.25, -0.2) is 13.1 Å². The van der Waals surface area contributed by atoms with Gasteiger partial charge < -0.3 is 9.88 Å². The summed E-state index contributed by atoms with van der Waals surface area (Å²) < 4.78 is 27.0. The number of aromatic nitrogens is 1. The molecule has 2 rings (SSSR count). The van der Waals surface area contributed by atoms with Crippen LogP contribution in [0.5, 0.6) is 0 Å². The van der Waals surface area contributed by atoms with Crippen LogP contribution in [-0.4, -0.2) is 44.0 Å². The first kappa shape index (κ1) is 15.2. The molecule has 1 aliphatic heterocycles. The highest BCUT2D eigenvalue weighted by molar-refractivity contribution is 7.89. The van der Waals surface area contributed by atoms with Crippen LogP contribution in [0.25, 0.3) is 0 Å². The van der Waals surface area contributed by atoms with E-state index in [0.29, 0.717) is 0 Å². The van der Waals surface area contributed by atoms with Crippen LogP contribution < -0.4 is 10.2 Å². The standard InChI is InChI=1S/C13H21N3O3S/c1-2-7-16-8-4-11(5-9-16)15-20(18,19)13-10-14-6-3-12(13)17/h3,6,10-11,15H,2,4-5,7-9H2,1H3,(H,14,17). The summed E-state index contributed by atoms with van der Waals surface area (Å²) >= 11 is 0. The summed E-state index contributed by atoms with van der Waals surface area (Å²) in [5, 5.41) is 0. The van der Waals surface area contributed by atoms with E-state index in [4.69, 9.17) is 0 Å². The van der Waals surface area contributed by atoms with Gasteiger partial charge >= 0.3 is 0 Å².